The van der Waals surface area contributed by atoms with Crippen LogP contribution in [0, 0.1) is 11.3 Å². The van der Waals surface area contributed by atoms with Gasteiger partial charge in [0.25, 0.3) is 0 Å². The van der Waals surface area contributed by atoms with Crippen molar-refractivity contribution in [3.05, 3.63) is 47.7 Å². The van der Waals surface area contributed by atoms with E-state index in [2.05, 4.69) is 48.1 Å². The fourth-order valence-corrected chi connectivity index (χ4v) is 3.62. The Morgan fingerprint density at radius 3 is 2.25 bits per heavy atom. The molecule has 0 bridgehead atoms. The van der Waals surface area contributed by atoms with Gasteiger partial charge in [0, 0.05) is 30.9 Å². The molecule has 0 unspecified atom stereocenters. The number of rotatable bonds is 3. The van der Waals surface area contributed by atoms with Crippen molar-refractivity contribution in [3.63, 3.8) is 0 Å². The molecule has 28 heavy (non-hydrogen) atoms. The molecule has 1 aromatic heterocycles. The molecule has 0 radical (unpaired) electrons. The molecule has 2 heterocycles. The van der Waals surface area contributed by atoms with Crippen LogP contribution in [0.4, 0.5) is 16.3 Å². The number of carbonyl (C=O) groups is 1. The zero-order chi connectivity index (χ0) is 20.3. The first kappa shape index (κ1) is 19.6. The molecule has 2 atom stereocenters. The van der Waals surface area contributed by atoms with Crippen molar-refractivity contribution < 1.29 is 4.79 Å². The van der Waals surface area contributed by atoms with E-state index in [1.54, 1.807) is 6.07 Å². The Kier molecular flexibility index (Phi) is 5.78. The van der Waals surface area contributed by atoms with Gasteiger partial charge in [-0.1, -0.05) is 26.0 Å². The number of nitriles is 1. The maximum atomic E-state index is 12.7. The van der Waals surface area contributed by atoms with Gasteiger partial charge in [-0.2, -0.15) is 5.26 Å². The minimum Gasteiger partial charge on any atom is -0.346 e. The molecule has 7 nitrogen and oxygen atoms in total. The van der Waals surface area contributed by atoms with E-state index in [1.807, 2.05) is 41.3 Å². The lowest BCUT2D eigenvalue weighted by Crippen LogP contribution is -2.59. The van der Waals surface area contributed by atoms with Gasteiger partial charge < -0.3 is 15.1 Å². The van der Waals surface area contributed by atoms with Crippen molar-refractivity contribution in [2.24, 2.45) is 0 Å². The Bertz CT molecular complexity index is 844. The summed E-state index contributed by atoms with van der Waals surface area (Å²) in [7, 11) is 0. The highest BCUT2D eigenvalue weighted by Crippen LogP contribution is 2.23. The molecular formula is C21H26N6O. The Morgan fingerprint density at radius 2 is 1.75 bits per heavy atom. The highest BCUT2D eigenvalue weighted by molar-refractivity contribution is 5.89. The number of aromatic nitrogens is 2. The van der Waals surface area contributed by atoms with Crippen LogP contribution in [-0.4, -0.2) is 46.3 Å². The molecule has 2 amide bonds. The average Bonchev–Trinajstić information content (AvgIpc) is 2.68. The monoisotopic (exact) mass is 378 g/mol. The topological polar surface area (TPSA) is 85.2 Å². The molecule has 3 rings (SSSR count). The van der Waals surface area contributed by atoms with Gasteiger partial charge in [0.15, 0.2) is 11.5 Å². The van der Waals surface area contributed by atoms with Crippen molar-refractivity contribution in [3.8, 4) is 6.07 Å². The van der Waals surface area contributed by atoms with Gasteiger partial charge in [0.05, 0.1) is 0 Å². The Hall–Kier alpha value is -3.14. The van der Waals surface area contributed by atoms with Crippen LogP contribution in [0.25, 0.3) is 0 Å². The van der Waals surface area contributed by atoms with E-state index in [0.717, 1.165) is 11.5 Å². The number of benzene rings is 1. The molecule has 0 saturated carbocycles. The molecule has 1 fully saturated rings. The van der Waals surface area contributed by atoms with Crippen molar-refractivity contribution in [2.75, 3.05) is 23.3 Å². The summed E-state index contributed by atoms with van der Waals surface area (Å²) < 4.78 is 0. The smallest absolute Gasteiger partial charge is 0.321 e. The largest absolute Gasteiger partial charge is 0.346 e. The maximum Gasteiger partial charge on any atom is 0.321 e. The van der Waals surface area contributed by atoms with E-state index in [4.69, 9.17) is 5.26 Å². The highest BCUT2D eigenvalue weighted by atomic mass is 16.2. The first-order valence-electron chi connectivity index (χ1n) is 9.57. The summed E-state index contributed by atoms with van der Waals surface area (Å²) in [4.78, 5) is 16.7. The van der Waals surface area contributed by atoms with Crippen molar-refractivity contribution in [2.45, 2.75) is 45.7 Å². The summed E-state index contributed by atoms with van der Waals surface area (Å²) >= 11 is 0. The lowest BCUT2D eigenvalue weighted by Gasteiger charge is -2.44. The second-order valence-corrected chi connectivity index (χ2v) is 7.61. The molecule has 2 aromatic rings. The molecule has 146 valence electrons. The standard InChI is InChI=1S/C21H26N6O/c1-14(2)17-5-7-18(8-6-17)23-21(28)26-12-15(3)27(16(4)13-26)20-10-9-19(11-22)24-25-20/h5-10,14-16H,12-13H2,1-4H3,(H,23,28)/t15-,16+. The summed E-state index contributed by atoms with van der Waals surface area (Å²) in [5, 5.41) is 20.0. The number of nitrogens with zero attached hydrogens (tertiary/aromatic N) is 5. The van der Waals surface area contributed by atoms with Crippen molar-refractivity contribution in [1.29, 1.82) is 5.26 Å². The summed E-state index contributed by atoms with van der Waals surface area (Å²) in [5.41, 5.74) is 2.35. The Labute approximate surface area is 166 Å². The quantitative estimate of drug-likeness (QED) is 0.882. The van der Waals surface area contributed by atoms with E-state index in [-0.39, 0.29) is 18.1 Å². The zero-order valence-corrected chi connectivity index (χ0v) is 16.8. The lowest BCUT2D eigenvalue weighted by molar-refractivity contribution is 0.189. The maximum absolute atomic E-state index is 12.7. The van der Waals surface area contributed by atoms with Crippen LogP contribution in [0.1, 0.15) is 44.9 Å². The van der Waals surface area contributed by atoms with Gasteiger partial charge in [-0.25, -0.2) is 4.79 Å². The molecule has 0 spiro atoms. The number of carbonyl (C=O) groups excluding carboxylic acids is 1. The number of anilines is 2. The van der Waals surface area contributed by atoms with Crippen LogP contribution in [-0.2, 0) is 0 Å². The molecule has 1 N–H and O–H groups in total. The average molecular weight is 378 g/mol. The normalized spacial score (nSPS) is 19.4. The second kappa shape index (κ2) is 8.26. The molecule has 1 aliphatic heterocycles. The van der Waals surface area contributed by atoms with E-state index in [9.17, 15) is 4.79 Å². The van der Waals surface area contributed by atoms with Crippen molar-refractivity contribution >= 4 is 17.5 Å². The van der Waals surface area contributed by atoms with Gasteiger partial charge in [-0.3, -0.25) is 0 Å². The third-order valence-corrected chi connectivity index (χ3v) is 5.06. The van der Waals surface area contributed by atoms with Gasteiger partial charge in [0.2, 0.25) is 0 Å². The van der Waals surface area contributed by atoms with Gasteiger partial charge >= 0.3 is 6.03 Å². The number of amides is 2. The first-order valence-corrected chi connectivity index (χ1v) is 9.57. The van der Waals surface area contributed by atoms with Crippen LogP contribution in [0.5, 0.6) is 0 Å². The second-order valence-electron chi connectivity index (χ2n) is 7.61. The van der Waals surface area contributed by atoms with Crippen molar-refractivity contribution in [1.82, 2.24) is 15.1 Å². The predicted molar refractivity (Wildman–Crippen MR) is 109 cm³/mol. The Balaban J connectivity index is 1.65. The van der Waals surface area contributed by atoms with E-state index >= 15 is 0 Å². The number of urea groups is 1. The van der Waals surface area contributed by atoms with E-state index in [1.165, 1.54) is 5.56 Å². The fraction of sp³-hybridized carbons (Fsp3) is 0.429. The van der Waals surface area contributed by atoms with Gasteiger partial charge in [-0.05, 0) is 49.6 Å². The third-order valence-electron chi connectivity index (χ3n) is 5.06. The van der Waals surface area contributed by atoms with Gasteiger partial charge in [-0.15, -0.1) is 10.2 Å². The van der Waals surface area contributed by atoms with Crippen LogP contribution < -0.4 is 10.2 Å². The predicted octanol–water partition coefficient (Wildman–Crippen LogP) is 3.60. The van der Waals surface area contributed by atoms with Crippen LogP contribution in [0.3, 0.4) is 0 Å². The minimum atomic E-state index is -0.0958. The number of hydrogen-bond acceptors (Lipinski definition) is 5. The fourth-order valence-electron chi connectivity index (χ4n) is 3.62. The number of hydrogen-bond donors (Lipinski definition) is 1. The summed E-state index contributed by atoms with van der Waals surface area (Å²) in [6, 6.07) is 13.5. The third kappa shape index (κ3) is 4.22. The first-order chi connectivity index (χ1) is 13.4. The Morgan fingerprint density at radius 1 is 1.11 bits per heavy atom. The van der Waals surface area contributed by atoms with Crippen LogP contribution in [0.15, 0.2) is 36.4 Å². The van der Waals surface area contributed by atoms with Crippen LogP contribution in [0.2, 0.25) is 0 Å². The summed E-state index contributed by atoms with van der Waals surface area (Å²) in [5.74, 6) is 1.19. The molecule has 1 aliphatic rings. The number of piperazine rings is 1. The summed E-state index contributed by atoms with van der Waals surface area (Å²) in [6.45, 7) is 9.59. The van der Waals surface area contributed by atoms with E-state index < -0.39 is 0 Å². The molecular weight excluding hydrogens is 352 g/mol. The lowest BCUT2D eigenvalue weighted by atomic mass is 10.0. The minimum absolute atomic E-state index is 0.0834. The number of nitrogens with one attached hydrogen (secondary N) is 1. The zero-order valence-electron chi connectivity index (χ0n) is 16.8. The molecule has 1 saturated heterocycles. The highest BCUT2D eigenvalue weighted by Gasteiger charge is 2.32. The molecule has 0 aliphatic carbocycles. The van der Waals surface area contributed by atoms with Gasteiger partial charge in [0.1, 0.15) is 6.07 Å². The molecule has 1 aromatic carbocycles. The van der Waals surface area contributed by atoms with Crippen LogP contribution >= 0.6 is 0 Å². The van der Waals surface area contributed by atoms with E-state index in [0.29, 0.717) is 24.7 Å². The molecule has 7 heteroatoms. The SMILES string of the molecule is CC(C)c1ccc(NC(=O)N2C[C@@H](C)N(c3ccc(C#N)nn3)[C@@H](C)C2)cc1. The summed E-state index contributed by atoms with van der Waals surface area (Å²) in [6.07, 6.45) is 0.